The van der Waals surface area contributed by atoms with Crippen LogP contribution >= 0.6 is 11.3 Å². The summed E-state index contributed by atoms with van der Waals surface area (Å²) in [6, 6.07) is 6.13. The summed E-state index contributed by atoms with van der Waals surface area (Å²) in [7, 11) is 1.37. The van der Waals surface area contributed by atoms with Gasteiger partial charge < -0.3 is 10.1 Å². The van der Waals surface area contributed by atoms with Crippen molar-refractivity contribution in [3.63, 3.8) is 0 Å². The summed E-state index contributed by atoms with van der Waals surface area (Å²) in [5, 5.41) is 3.53. The van der Waals surface area contributed by atoms with E-state index in [1.165, 1.54) is 24.0 Å². The molecule has 1 N–H and O–H groups in total. The number of esters is 1. The average Bonchev–Trinajstić information content (AvgIpc) is 2.93. The molecule has 0 radical (unpaired) electrons. The monoisotopic (exact) mass is 373 g/mol. The van der Waals surface area contributed by atoms with Gasteiger partial charge in [-0.15, -0.1) is 11.3 Å². The van der Waals surface area contributed by atoms with E-state index in [0.717, 1.165) is 34.4 Å². The molecule has 0 saturated heterocycles. The number of rotatable bonds is 6. The molecule has 0 spiro atoms. The van der Waals surface area contributed by atoms with Crippen LogP contribution in [0.5, 0.6) is 0 Å². The number of ether oxygens (including phenoxy) is 1. The molecule has 26 heavy (non-hydrogen) atoms. The molecule has 0 aliphatic rings. The molecule has 0 bridgehead atoms. The highest BCUT2D eigenvalue weighted by Crippen LogP contribution is 2.41. The van der Waals surface area contributed by atoms with Gasteiger partial charge in [0, 0.05) is 16.4 Å². The number of anilines is 1. The van der Waals surface area contributed by atoms with E-state index in [9.17, 15) is 9.59 Å². The largest absolute Gasteiger partial charge is 0.465 e. The van der Waals surface area contributed by atoms with E-state index in [0.29, 0.717) is 10.6 Å². The van der Waals surface area contributed by atoms with Crippen LogP contribution < -0.4 is 5.32 Å². The number of carbonyl (C=O) groups excluding carboxylic acids is 2. The molecule has 0 saturated carbocycles. The molecule has 0 aliphatic carbocycles. The number of hydrogen-bond donors (Lipinski definition) is 1. The van der Waals surface area contributed by atoms with Crippen molar-refractivity contribution in [2.24, 2.45) is 5.92 Å². The zero-order valence-electron chi connectivity index (χ0n) is 16.4. The van der Waals surface area contributed by atoms with Gasteiger partial charge >= 0.3 is 5.97 Å². The highest BCUT2D eigenvalue weighted by Gasteiger charge is 2.26. The van der Waals surface area contributed by atoms with Crippen LogP contribution in [-0.4, -0.2) is 19.0 Å². The van der Waals surface area contributed by atoms with Gasteiger partial charge in [-0.3, -0.25) is 4.79 Å². The van der Waals surface area contributed by atoms with Crippen molar-refractivity contribution in [2.45, 2.75) is 47.5 Å². The normalized spacial score (nSPS) is 10.9. The minimum absolute atomic E-state index is 0.0481. The second-order valence-corrected chi connectivity index (χ2v) is 7.76. The molecule has 5 heteroatoms. The molecule has 4 nitrogen and oxygen atoms in total. The van der Waals surface area contributed by atoms with E-state index >= 15 is 0 Å². The summed E-state index contributed by atoms with van der Waals surface area (Å²) in [6.45, 7) is 10.1. The molecule has 1 aromatic carbocycles. The lowest BCUT2D eigenvalue weighted by atomic mass is 9.97. The lowest BCUT2D eigenvalue weighted by Gasteiger charge is -2.13. The summed E-state index contributed by atoms with van der Waals surface area (Å²) in [5.41, 5.74) is 4.60. The lowest BCUT2D eigenvalue weighted by Crippen LogP contribution is -2.22. The lowest BCUT2D eigenvalue weighted by molar-refractivity contribution is -0.120. The summed E-state index contributed by atoms with van der Waals surface area (Å²) in [5.74, 6) is -0.538. The van der Waals surface area contributed by atoms with E-state index in [4.69, 9.17) is 4.74 Å². The predicted octanol–water partition coefficient (Wildman–Crippen LogP) is 5.50. The van der Waals surface area contributed by atoms with Gasteiger partial charge in [0.15, 0.2) is 0 Å². The maximum atomic E-state index is 12.5. The van der Waals surface area contributed by atoms with Crippen molar-refractivity contribution in [3.05, 3.63) is 39.8 Å². The number of hydrogen-bond acceptors (Lipinski definition) is 4. The molecule has 2 aromatic rings. The van der Waals surface area contributed by atoms with Gasteiger partial charge in [0.25, 0.3) is 0 Å². The van der Waals surface area contributed by atoms with Gasteiger partial charge in [0.05, 0.1) is 7.11 Å². The number of methoxy groups -OCH3 is 1. The van der Waals surface area contributed by atoms with Crippen LogP contribution in [0.2, 0.25) is 0 Å². The molecule has 0 aliphatic heterocycles. The summed E-state index contributed by atoms with van der Waals surface area (Å²) in [6.07, 6.45) is 1.54. The second kappa shape index (κ2) is 8.49. The van der Waals surface area contributed by atoms with Crippen LogP contribution in [-0.2, 0) is 9.53 Å². The third-order valence-electron chi connectivity index (χ3n) is 4.86. The minimum Gasteiger partial charge on any atom is -0.465 e. The van der Waals surface area contributed by atoms with Crippen LogP contribution in [0.4, 0.5) is 5.00 Å². The van der Waals surface area contributed by atoms with Gasteiger partial charge in [-0.1, -0.05) is 32.0 Å². The van der Waals surface area contributed by atoms with Crippen molar-refractivity contribution < 1.29 is 14.3 Å². The highest BCUT2D eigenvalue weighted by molar-refractivity contribution is 7.17. The Balaban J connectivity index is 2.56. The average molecular weight is 374 g/mol. The fourth-order valence-electron chi connectivity index (χ4n) is 3.05. The maximum absolute atomic E-state index is 12.5. The number of carbonyl (C=O) groups is 2. The molecule has 140 valence electrons. The molecule has 0 fully saturated rings. The molecular weight excluding hydrogens is 346 g/mol. The zero-order valence-corrected chi connectivity index (χ0v) is 17.2. The summed E-state index contributed by atoms with van der Waals surface area (Å²) in [4.78, 5) is 26.0. The van der Waals surface area contributed by atoms with Crippen LogP contribution in [0.1, 0.15) is 53.1 Å². The third-order valence-corrected chi connectivity index (χ3v) is 5.88. The predicted molar refractivity (Wildman–Crippen MR) is 108 cm³/mol. The van der Waals surface area contributed by atoms with Crippen molar-refractivity contribution in [1.29, 1.82) is 0 Å². The Bertz CT molecular complexity index is 819. The molecule has 0 unspecified atom stereocenters. The van der Waals surface area contributed by atoms with Gasteiger partial charge in [-0.2, -0.15) is 0 Å². The Labute approximate surface area is 159 Å². The Morgan fingerprint density at radius 3 is 2.31 bits per heavy atom. The smallest absolute Gasteiger partial charge is 0.341 e. The van der Waals surface area contributed by atoms with Crippen molar-refractivity contribution in [2.75, 3.05) is 12.4 Å². The number of nitrogens with one attached hydrogen (secondary N) is 1. The molecule has 1 amide bonds. The van der Waals surface area contributed by atoms with Crippen LogP contribution in [0.3, 0.4) is 0 Å². The molecule has 0 atom stereocenters. The Hall–Kier alpha value is -2.14. The number of thiophene rings is 1. The quantitative estimate of drug-likeness (QED) is 0.680. The molecular formula is C21H27NO3S. The summed E-state index contributed by atoms with van der Waals surface area (Å²) < 4.78 is 5.02. The molecule has 1 heterocycles. The minimum atomic E-state index is -0.428. The fraction of sp³-hybridized carbons (Fsp3) is 0.429. The molecule has 1 aromatic heterocycles. The molecule has 2 rings (SSSR count). The first-order chi connectivity index (χ1) is 12.3. The maximum Gasteiger partial charge on any atom is 0.341 e. The Morgan fingerprint density at radius 2 is 1.77 bits per heavy atom. The van der Waals surface area contributed by atoms with Gasteiger partial charge in [-0.25, -0.2) is 4.79 Å². The number of benzene rings is 1. The second-order valence-electron chi connectivity index (χ2n) is 6.53. The standard InChI is InChI=1S/C21H27NO3S/c1-7-15(8-2)19(23)22-20-18(21(24)25-6)17(14(5)26-20)16-10-9-12(3)13(4)11-16/h9-11,15H,7-8H2,1-6H3,(H,22,23). The number of amides is 1. The van der Waals surface area contributed by atoms with Crippen molar-refractivity contribution in [3.8, 4) is 11.1 Å². The highest BCUT2D eigenvalue weighted by atomic mass is 32.1. The first-order valence-electron chi connectivity index (χ1n) is 8.94. The Morgan fingerprint density at radius 1 is 1.12 bits per heavy atom. The van der Waals surface area contributed by atoms with Gasteiger partial charge in [-0.05, 0) is 50.3 Å². The first kappa shape index (κ1) is 20.2. The summed E-state index contributed by atoms with van der Waals surface area (Å²) >= 11 is 1.42. The van der Waals surface area contributed by atoms with Gasteiger partial charge in [0.1, 0.15) is 10.6 Å². The fourth-order valence-corrected chi connectivity index (χ4v) is 4.11. The zero-order chi connectivity index (χ0) is 19.4. The number of aryl methyl sites for hydroxylation is 3. The van der Waals surface area contributed by atoms with E-state index in [-0.39, 0.29) is 11.8 Å². The van der Waals surface area contributed by atoms with E-state index in [2.05, 4.69) is 18.3 Å². The van der Waals surface area contributed by atoms with E-state index in [1.54, 1.807) is 0 Å². The Kier molecular flexibility index (Phi) is 6.59. The first-order valence-corrected chi connectivity index (χ1v) is 9.75. The van der Waals surface area contributed by atoms with E-state index in [1.807, 2.05) is 39.8 Å². The SMILES string of the molecule is CCC(CC)C(=O)Nc1sc(C)c(-c2ccc(C)c(C)c2)c1C(=O)OC. The van der Waals surface area contributed by atoms with Gasteiger partial charge in [0.2, 0.25) is 5.91 Å². The third kappa shape index (κ3) is 3.98. The topological polar surface area (TPSA) is 55.4 Å². The van der Waals surface area contributed by atoms with Crippen LogP contribution in [0.15, 0.2) is 18.2 Å². The van der Waals surface area contributed by atoms with Crippen LogP contribution in [0, 0.1) is 26.7 Å². The van der Waals surface area contributed by atoms with E-state index < -0.39 is 5.97 Å². The van der Waals surface area contributed by atoms with Crippen molar-refractivity contribution >= 4 is 28.2 Å². The van der Waals surface area contributed by atoms with Crippen molar-refractivity contribution in [1.82, 2.24) is 0 Å². The van der Waals surface area contributed by atoms with Crippen LogP contribution in [0.25, 0.3) is 11.1 Å².